The highest BCUT2D eigenvalue weighted by Crippen LogP contribution is 2.26. The van der Waals surface area contributed by atoms with Crippen LogP contribution in [0, 0.1) is 12.7 Å². The van der Waals surface area contributed by atoms with Gasteiger partial charge in [-0.1, -0.05) is 30.7 Å². The fraction of sp³-hybridized carbons (Fsp3) is 0.250. The Morgan fingerprint density at radius 2 is 1.84 bits per heavy atom. The van der Waals surface area contributed by atoms with Crippen molar-refractivity contribution >= 4 is 17.3 Å². The minimum atomic E-state index is -0.206. The largest absolute Gasteiger partial charge is 0.378 e. The summed E-state index contributed by atoms with van der Waals surface area (Å²) in [5.74, 6) is -0.206. The standard InChI is InChI=1S/C16H17ClFN/c1-3-15(12-4-6-13(17)7-5-12)19-16-9-8-14(18)10-11(16)2/h4-10,15,19H,3H2,1-2H3. The van der Waals surface area contributed by atoms with Crippen molar-refractivity contribution in [1.82, 2.24) is 0 Å². The zero-order chi connectivity index (χ0) is 13.8. The lowest BCUT2D eigenvalue weighted by Crippen LogP contribution is -2.10. The summed E-state index contributed by atoms with van der Waals surface area (Å²) in [7, 11) is 0. The second-order valence-electron chi connectivity index (χ2n) is 4.62. The third kappa shape index (κ3) is 3.48. The molecule has 0 fully saturated rings. The number of benzene rings is 2. The van der Waals surface area contributed by atoms with Crippen LogP contribution in [-0.4, -0.2) is 0 Å². The number of hydrogen-bond acceptors (Lipinski definition) is 1. The van der Waals surface area contributed by atoms with E-state index in [0.29, 0.717) is 0 Å². The molecule has 1 nitrogen and oxygen atoms in total. The minimum Gasteiger partial charge on any atom is -0.378 e. The molecule has 0 spiro atoms. The van der Waals surface area contributed by atoms with Gasteiger partial charge in [-0.25, -0.2) is 4.39 Å². The Kier molecular flexibility index (Phi) is 4.43. The summed E-state index contributed by atoms with van der Waals surface area (Å²) in [5, 5.41) is 4.18. The van der Waals surface area contributed by atoms with E-state index in [1.807, 2.05) is 31.2 Å². The number of aryl methyl sites for hydroxylation is 1. The van der Waals surface area contributed by atoms with Gasteiger partial charge < -0.3 is 5.32 Å². The molecule has 3 heteroatoms. The summed E-state index contributed by atoms with van der Waals surface area (Å²) in [6.45, 7) is 4.02. The van der Waals surface area contributed by atoms with Crippen LogP contribution in [0.4, 0.5) is 10.1 Å². The van der Waals surface area contributed by atoms with E-state index in [9.17, 15) is 4.39 Å². The first-order valence-electron chi connectivity index (χ1n) is 6.38. The quantitative estimate of drug-likeness (QED) is 0.794. The molecule has 0 heterocycles. The Morgan fingerprint density at radius 3 is 2.42 bits per heavy atom. The molecular weight excluding hydrogens is 261 g/mol. The first kappa shape index (κ1) is 13.9. The molecule has 0 saturated heterocycles. The maximum absolute atomic E-state index is 13.1. The molecule has 0 aliphatic heterocycles. The van der Waals surface area contributed by atoms with Gasteiger partial charge in [0.15, 0.2) is 0 Å². The lowest BCUT2D eigenvalue weighted by molar-refractivity contribution is 0.626. The van der Waals surface area contributed by atoms with Crippen LogP contribution >= 0.6 is 11.6 Å². The SMILES string of the molecule is CCC(Nc1ccc(F)cc1C)c1ccc(Cl)cc1. The van der Waals surface area contributed by atoms with Crippen molar-refractivity contribution in [1.29, 1.82) is 0 Å². The van der Waals surface area contributed by atoms with Crippen LogP contribution in [-0.2, 0) is 0 Å². The van der Waals surface area contributed by atoms with Gasteiger partial charge in [0.25, 0.3) is 0 Å². The van der Waals surface area contributed by atoms with Crippen LogP contribution < -0.4 is 5.32 Å². The van der Waals surface area contributed by atoms with Crippen LogP contribution in [0.15, 0.2) is 42.5 Å². The molecule has 0 aliphatic carbocycles. The molecule has 1 atom stereocenters. The Labute approximate surface area is 118 Å². The number of hydrogen-bond donors (Lipinski definition) is 1. The van der Waals surface area contributed by atoms with Gasteiger partial charge in [0.1, 0.15) is 5.82 Å². The Morgan fingerprint density at radius 1 is 1.16 bits per heavy atom. The minimum absolute atomic E-state index is 0.196. The summed E-state index contributed by atoms with van der Waals surface area (Å²) in [6.07, 6.45) is 0.943. The zero-order valence-corrected chi connectivity index (χ0v) is 11.8. The fourth-order valence-electron chi connectivity index (χ4n) is 2.09. The van der Waals surface area contributed by atoms with Crippen LogP contribution in [0.25, 0.3) is 0 Å². The van der Waals surface area contributed by atoms with Crippen molar-refractivity contribution in [2.45, 2.75) is 26.3 Å². The summed E-state index contributed by atoms with van der Waals surface area (Å²) in [5.41, 5.74) is 3.05. The third-order valence-electron chi connectivity index (χ3n) is 3.20. The lowest BCUT2D eigenvalue weighted by atomic mass is 10.0. The molecule has 0 saturated carbocycles. The first-order valence-corrected chi connectivity index (χ1v) is 6.76. The van der Waals surface area contributed by atoms with E-state index in [1.165, 1.54) is 17.7 Å². The Bertz CT molecular complexity index is 551. The monoisotopic (exact) mass is 277 g/mol. The molecular formula is C16H17ClFN. The second kappa shape index (κ2) is 6.07. The molecule has 2 rings (SSSR count). The summed E-state index contributed by atoms with van der Waals surface area (Å²) >= 11 is 5.90. The van der Waals surface area contributed by atoms with Gasteiger partial charge in [-0.05, 0) is 54.8 Å². The average Bonchev–Trinajstić information content (AvgIpc) is 2.39. The smallest absolute Gasteiger partial charge is 0.123 e. The molecule has 19 heavy (non-hydrogen) atoms. The van der Waals surface area contributed by atoms with Crippen LogP contribution in [0.2, 0.25) is 5.02 Å². The Balaban J connectivity index is 2.21. The summed E-state index contributed by atoms with van der Waals surface area (Å²) in [6, 6.07) is 12.8. The van der Waals surface area contributed by atoms with Gasteiger partial charge in [-0.3, -0.25) is 0 Å². The van der Waals surface area contributed by atoms with E-state index in [0.717, 1.165) is 22.7 Å². The topological polar surface area (TPSA) is 12.0 Å². The lowest BCUT2D eigenvalue weighted by Gasteiger charge is -2.20. The maximum atomic E-state index is 13.1. The predicted octanol–water partition coefficient (Wildman–Crippen LogP) is 5.35. The van der Waals surface area contributed by atoms with Gasteiger partial charge >= 0.3 is 0 Å². The first-order chi connectivity index (χ1) is 9.10. The molecule has 0 bridgehead atoms. The second-order valence-corrected chi connectivity index (χ2v) is 5.05. The highest BCUT2D eigenvalue weighted by atomic mass is 35.5. The summed E-state index contributed by atoms with van der Waals surface area (Å²) in [4.78, 5) is 0. The third-order valence-corrected chi connectivity index (χ3v) is 3.45. The predicted molar refractivity (Wildman–Crippen MR) is 79.2 cm³/mol. The van der Waals surface area contributed by atoms with Crippen molar-refractivity contribution < 1.29 is 4.39 Å². The van der Waals surface area contributed by atoms with E-state index in [1.54, 1.807) is 6.07 Å². The molecule has 0 amide bonds. The van der Waals surface area contributed by atoms with Gasteiger partial charge in [-0.15, -0.1) is 0 Å². The van der Waals surface area contributed by atoms with E-state index in [-0.39, 0.29) is 11.9 Å². The van der Waals surface area contributed by atoms with Crippen molar-refractivity contribution in [3.05, 3.63) is 64.4 Å². The highest BCUT2D eigenvalue weighted by molar-refractivity contribution is 6.30. The van der Waals surface area contributed by atoms with E-state index < -0.39 is 0 Å². The maximum Gasteiger partial charge on any atom is 0.123 e. The van der Waals surface area contributed by atoms with E-state index in [2.05, 4.69) is 12.2 Å². The number of anilines is 1. The molecule has 0 radical (unpaired) electrons. The number of nitrogens with one attached hydrogen (secondary N) is 1. The molecule has 2 aromatic rings. The molecule has 0 aromatic heterocycles. The molecule has 1 unspecified atom stereocenters. The van der Waals surface area contributed by atoms with Crippen molar-refractivity contribution in [3.8, 4) is 0 Å². The van der Waals surface area contributed by atoms with Crippen molar-refractivity contribution in [2.75, 3.05) is 5.32 Å². The molecule has 1 N–H and O–H groups in total. The van der Waals surface area contributed by atoms with Crippen LogP contribution in [0.5, 0.6) is 0 Å². The molecule has 0 aliphatic rings. The van der Waals surface area contributed by atoms with E-state index in [4.69, 9.17) is 11.6 Å². The van der Waals surface area contributed by atoms with Gasteiger partial charge in [0, 0.05) is 10.7 Å². The van der Waals surface area contributed by atoms with Crippen LogP contribution in [0.1, 0.15) is 30.5 Å². The number of rotatable bonds is 4. The number of halogens is 2. The van der Waals surface area contributed by atoms with Crippen LogP contribution in [0.3, 0.4) is 0 Å². The normalized spacial score (nSPS) is 12.2. The Hall–Kier alpha value is -1.54. The van der Waals surface area contributed by atoms with Crippen molar-refractivity contribution in [2.24, 2.45) is 0 Å². The molecule has 2 aromatic carbocycles. The zero-order valence-electron chi connectivity index (χ0n) is 11.1. The van der Waals surface area contributed by atoms with Gasteiger partial charge in [0.05, 0.1) is 6.04 Å². The van der Waals surface area contributed by atoms with E-state index >= 15 is 0 Å². The molecule has 100 valence electrons. The summed E-state index contributed by atoms with van der Waals surface area (Å²) < 4.78 is 13.1. The van der Waals surface area contributed by atoms with Crippen molar-refractivity contribution in [3.63, 3.8) is 0 Å². The average molecular weight is 278 g/mol. The van der Waals surface area contributed by atoms with Gasteiger partial charge in [0.2, 0.25) is 0 Å². The van der Waals surface area contributed by atoms with Gasteiger partial charge in [-0.2, -0.15) is 0 Å². The highest BCUT2D eigenvalue weighted by Gasteiger charge is 2.10. The fourth-order valence-corrected chi connectivity index (χ4v) is 2.22.